The van der Waals surface area contributed by atoms with Gasteiger partial charge in [0.15, 0.2) is 0 Å². The number of hydrogen-bond donors (Lipinski definition) is 1. The molecule has 1 amide bonds. The van der Waals surface area contributed by atoms with E-state index in [4.69, 9.17) is 17.0 Å². The summed E-state index contributed by atoms with van der Waals surface area (Å²) < 4.78 is 6.16. The number of ether oxygens (including phenoxy) is 1. The summed E-state index contributed by atoms with van der Waals surface area (Å²) in [6, 6.07) is 10.0. The van der Waals surface area contributed by atoms with Crippen LogP contribution in [0.1, 0.15) is 38.2 Å². The van der Waals surface area contributed by atoms with Crippen molar-refractivity contribution in [2.75, 3.05) is 0 Å². The Morgan fingerprint density at radius 2 is 2.05 bits per heavy atom. The minimum Gasteiger partial charge on any atom is -0.446 e. The number of hydrogen-bond acceptors (Lipinski definition) is 4. The Hall–Kier alpha value is -1.07. The molecule has 1 fully saturated rings. The molecule has 1 aliphatic rings. The van der Waals surface area contributed by atoms with Crippen molar-refractivity contribution >= 4 is 34.3 Å². The summed E-state index contributed by atoms with van der Waals surface area (Å²) >= 11 is 6.95. The number of alkyl carbamates (subject to hydrolysis) is 1. The number of carbonyl (C=O) groups is 1. The first-order valence-electron chi connectivity index (χ1n) is 7.33. The van der Waals surface area contributed by atoms with Gasteiger partial charge in [-0.1, -0.05) is 42.5 Å². The molecule has 3 nitrogen and oxygen atoms in total. The highest BCUT2D eigenvalue weighted by atomic mass is 32.2. The second-order valence-electron chi connectivity index (χ2n) is 5.27. The third-order valence-corrected chi connectivity index (χ3v) is 5.31. The van der Waals surface area contributed by atoms with E-state index in [2.05, 4.69) is 17.4 Å². The lowest BCUT2D eigenvalue weighted by Gasteiger charge is -2.17. The zero-order chi connectivity index (χ0) is 15.1. The van der Waals surface area contributed by atoms with Gasteiger partial charge in [-0.2, -0.15) is 0 Å². The van der Waals surface area contributed by atoms with Crippen LogP contribution in [0.5, 0.6) is 0 Å². The van der Waals surface area contributed by atoms with E-state index in [9.17, 15) is 4.79 Å². The minimum atomic E-state index is -0.350. The molecule has 1 atom stereocenters. The molecule has 0 heterocycles. The van der Waals surface area contributed by atoms with Gasteiger partial charge in [-0.05, 0) is 38.2 Å². The molecule has 0 bridgehead atoms. The number of nitrogens with one attached hydrogen (secondary N) is 1. The fourth-order valence-corrected chi connectivity index (χ4v) is 3.33. The van der Waals surface area contributed by atoms with E-state index in [1.807, 2.05) is 25.1 Å². The van der Waals surface area contributed by atoms with Crippen LogP contribution < -0.4 is 5.32 Å². The topological polar surface area (TPSA) is 38.3 Å². The Balaban J connectivity index is 1.70. The van der Waals surface area contributed by atoms with E-state index >= 15 is 0 Å². The highest BCUT2D eigenvalue weighted by Gasteiger charge is 2.21. The molecule has 1 saturated carbocycles. The Morgan fingerprint density at radius 1 is 1.38 bits per heavy atom. The Labute approximate surface area is 135 Å². The summed E-state index contributed by atoms with van der Waals surface area (Å²) in [4.78, 5) is 11.8. The molecule has 1 unspecified atom stereocenters. The lowest BCUT2D eigenvalue weighted by Crippen LogP contribution is -2.38. The van der Waals surface area contributed by atoms with Crippen LogP contribution in [0.25, 0.3) is 0 Å². The first kappa shape index (κ1) is 16.3. The van der Waals surface area contributed by atoms with Gasteiger partial charge < -0.3 is 10.1 Å². The van der Waals surface area contributed by atoms with Crippen molar-refractivity contribution in [2.24, 2.45) is 0 Å². The molecule has 1 aliphatic carbocycles. The second kappa shape index (κ2) is 8.39. The standard InChI is InChI=1S/C16H21NO2S2/c1-12(17-16(18)19-14-9-5-6-10-14)15(20)21-11-13-7-3-2-4-8-13/h2-4,7-8,12,14H,5-6,9-11H2,1H3,(H,17,18). The van der Waals surface area contributed by atoms with Gasteiger partial charge in [0, 0.05) is 5.75 Å². The lowest BCUT2D eigenvalue weighted by molar-refractivity contribution is 0.100. The maximum absolute atomic E-state index is 11.8. The lowest BCUT2D eigenvalue weighted by atomic mass is 10.2. The summed E-state index contributed by atoms with van der Waals surface area (Å²) in [6.45, 7) is 1.90. The number of thioether (sulfide) groups is 1. The van der Waals surface area contributed by atoms with Gasteiger partial charge in [-0.3, -0.25) is 0 Å². The Morgan fingerprint density at radius 3 is 2.71 bits per heavy atom. The SMILES string of the molecule is CC(NC(=O)OC1CCCC1)C(=S)SCc1ccccc1. The molecule has 0 saturated heterocycles. The van der Waals surface area contributed by atoms with Crippen LogP contribution in [0.3, 0.4) is 0 Å². The fraction of sp³-hybridized carbons (Fsp3) is 0.500. The second-order valence-corrected chi connectivity index (χ2v) is 6.99. The molecule has 1 aromatic rings. The van der Waals surface area contributed by atoms with E-state index in [0.29, 0.717) is 0 Å². The number of amides is 1. The summed E-state index contributed by atoms with van der Waals surface area (Å²) in [6.07, 6.45) is 4.00. The van der Waals surface area contributed by atoms with Crippen LogP contribution in [0, 0.1) is 0 Å². The third-order valence-electron chi connectivity index (χ3n) is 3.49. The van der Waals surface area contributed by atoms with Crippen LogP contribution in [-0.2, 0) is 10.5 Å². The molecule has 1 aromatic carbocycles. The van der Waals surface area contributed by atoms with Gasteiger partial charge in [0.2, 0.25) is 0 Å². The van der Waals surface area contributed by atoms with E-state index < -0.39 is 0 Å². The molecule has 21 heavy (non-hydrogen) atoms. The smallest absolute Gasteiger partial charge is 0.407 e. The molecule has 0 spiro atoms. The summed E-state index contributed by atoms with van der Waals surface area (Å²) in [7, 11) is 0. The van der Waals surface area contributed by atoms with Gasteiger partial charge in [-0.15, -0.1) is 11.8 Å². The average molecular weight is 323 g/mol. The van der Waals surface area contributed by atoms with Gasteiger partial charge in [-0.25, -0.2) is 4.79 Å². The van der Waals surface area contributed by atoms with Crippen LogP contribution >= 0.6 is 24.0 Å². The van der Waals surface area contributed by atoms with Crippen molar-refractivity contribution in [1.29, 1.82) is 0 Å². The van der Waals surface area contributed by atoms with Crippen molar-refractivity contribution in [1.82, 2.24) is 5.32 Å². The van der Waals surface area contributed by atoms with Crippen LogP contribution in [0.2, 0.25) is 0 Å². The van der Waals surface area contributed by atoms with Crippen molar-refractivity contribution in [3.63, 3.8) is 0 Å². The largest absolute Gasteiger partial charge is 0.446 e. The first-order chi connectivity index (χ1) is 10.1. The van der Waals surface area contributed by atoms with Crippen molar-refractivity contribution < 1.29 is 9.53 Å². The fourth-order valence-electron chi connectivity index (χ4n) is 2.28. The third kappa shape index (κ3) is 5.67. The number of thiocarbonyl (C=S) groups is 1. The molecule has 2 rings (SSSR count). The van der Waals surface area contributed by atoms with E-state index in [0.717, 1.165) is 35.6 Å². The highest BCUT2D eigenvalue weighted by Crippen LogP contribution is 2.21. The van der Waals surface area contributed by atoms with E-state index in [-0.39, 0.29) is 18.2 Å². The molecule has 114 valence electrons. The number of benzene rings is 1. The van der Waals surface area contributed by atoms with E-state index in [1.54, 1.807) is 11.8 Å². The maximum atomic E-state index is 11.8. The normalized spacial score (nSPS) is 16.4. The predicted molar refractivity (Wildman–Crippen MR) is 91.7 cm³/mol. The highest BCUT2D eigenvalue weighted by molar-refractivity contribution is 8.22. The number of rotatable bonds is 5. The molecule has 0 aromatic heterocycles. The molecule has 0 aliphatic heterocycles. The molecule has 5 heteroatoms. The molecule has 0 radical (unpaired) electrons. The van der Waals surface area contributed by atoms with E-state index in [1.165, 1.54) is 5.56 Å². The van der Waals surface area contributed by atoms with Crippen molar-refractivity contribution in [3.8, 4) is 0 Å². The summed E-state index contributed by atoms with van der Waals surface area (Å²) in [5, 5.41) is 2.82. The monoisotopic (exact) mass is 323 g/mol. The summed E-state index contributed by atoms with van der Waals surface area (Å²) in [5.41, 5.74) is 1.23. The van der Waals surface area contributed by atoms with Gasteiger partial charge in [0.05, 0.1) is 10.2 Å². The van der Waals surface area contributed by atoms with Gasteiger partial charge in [0.25, 0.3) is 0 Å². The predicted octanol–water partition coefficient (Wildman–Crippen LogP) is 4.30. The van der Waals surface area contributed by atoms with Crippen LogP contribution in [-0.4, -0.2) is 22.4 Å². The van der Waals surface area contributed by atoms with Crippen molar-refractivity contribution in [3.05, 3.63) is 35.9 Å². The van der Waals surface area contributed by atoms with Crippen LogP contribution in [0.15, 0.2) is 30.3 Å². The summed E-state index contributed by atoms with van der Waals surface area (Å²) in [5.74, 6) is 0.823. The quantitative estimate of drug-likeness (QED) is 0.820. The zero-order valence-electron chi connectivity index (χ0n) is 12.2. The zero-order valence-corrected chi connectivity index (χ0v) is 13.8. The number of carbonyl (C=O) groups excluding carboxylic acids is 1. The van der Waals surface area contributed by atoms with Gasteiger partial charge >= 0.3 is 6.09 Å². The molecular formula is C16H21NO2S2. The Kier molecular flexibility index (Phi) is 6.51. The van der Waals surface area contributed by atoms with Gasteiger partial charge in [0.1, 0.15) is 6.10 Å². The van der Waals surface area contributed by atoms with Crippen LogP contribution in [0.4, 0.5) is 4.79 Å². The first-order valence-corrected chi connectivity index (χ1v) is 8.72. The van der Waals surface area contributed by atoms with Crippen molar-refractivity contribution in [2.45, 2.75) is 50.5 Å². The minimum absolute atomic E-state index is 0.0859. The molecular weight excluding hydrogens is 302 g/mol. The average Bonchev–Trinajstić information content (AvgIpc) is 2.98. The molecule has 1 N–H and O–H groups in total. The Bertz CT molecular complexity index is 472. The maximum Gasteiger partial charge on any atom is 0.407 e.